The van der Waals surface area contributed by atoms with Crippen molar-refractivity contribution >= 4 is 85.2 Å². The molecule has 8 aromatic heterocycles. The highest BCUT2D eigenvalue weighted by Crippen LogP contribution is 1.87. The van der Waals surface area contributed by atoms with Crippen molar-refractivity contribution in [3.8, 4) is 0 Å². The lowest BCUT2D eigenvalue weighted by Gasteiger charge is -1.78. The lowest BCUT2D eigenvalue weighted by Crippen LogP contribution is -1.84. The molecule has 8 rings (SSSR count). The minimum absolute atomic E-state index is 0. The van der Waals surface area contributed by atoms with Crippen molar-refractivity contribution < 1.29 is 5.11 Å². The Hall–Kier alpha value is -6.00. The Balaban J connectivity index is -0.000000592. The quantitative estimate of drug-likeness (QED) is 0.101. The second-order valence-corrected chi connectivity index (χ2v) is 11.6. The van der Waals surface area contributed by atoms with Gasteiger partial charge < -0.3 is 16.6 Å². The summed E-state index contributed by atoms with van der Waals surface area (Å²) < 4.78 is 2.79. The van der Waals surface area contributed by atoms with E-state index < -0.39 is 0 Å². The second-order valence-electron chi connectivity index (χ2n) is 9.26. The van der Waals surface area contributed by atoms with E-state index >= 15 is 0 Å². The van der Waals surface area contributed by atoms with Gasteiger partial charge in [0.2, 0.25) is 40.5 Å². The zero-order chi connectivity index (χ0) is 41.2. The number of nitrogen functional groups attached to an aromatic ring is 2. The van der Waals surface area contributed by atoms with Crippen molar-refractivity contribution in [1.29, 1.82) is 0 Å². The number of aromatic nitrogens is 24. The zero-order valence-electron chi connectivity index (χ0n) is 29.4. The van der Waals surface area contributed by atoms with E-state index in [9.17, 15) is 0 Å². The normalized spacial score (nSPS) is 8.72. The number of aliphatic hydroxyl groups is 1. The van der Waals surface area contributed by atoms with Crippen molar-refractivity contribution in [3.63, 3.8) is 0 Å². The van der Waals surface area contributed by atoms with E-state index in [1.54, 1.807) is 6.92 Å². The van der Waals surface area contributed by atoms with Crippen molar-refractivity contribution in [2.45, 2.75) is 63.5 Å². The number of aliphatic hydroxyl groups excluding tert-OH is 1. The van der Waals surface area contributed by atoms with Crippen molar-refractivity contribution in [1.82, 2.24) is 121 Å². The summed E-state index contributed by atoms with van der Waals surface area (Å²) in [6.07, 6.45) is 2.98. The minimum Gasteiger partial charge on any atom is -0.388 e. The molecule has 0 aliphatic rings. The maximum atomic E-state index is 8.39. The highest BCUT2D eigenvalue weighted by atomic mass is 32.1. The van der Waals surface area contributed by atoms with Crippen LogP contribution in [-0.2, 0) is 6.61 Å². The Morgan fingerprint density at radius 1 is 0.500 bits per heavy atom. The van der Waals surface area contributed by atoms with Crippen molar-refractivity contribution in [2.75, 3.05) is 11.5 Å². The molecule has 0 aliphatic carbocycles. The fourth-order valence-electron chi connectivity index (χ4n) is 2.56. The largest absolute Gasteiger partial charge is 0.388 e. The monoisotopic (exact) mass is 922 g/mol. The van der Waals surface area contributed by atoms with Crippen LogP contribution in [0.25, 0.3) is 0 Å². The smallest absolute Gasteiger partial charge is 0.239 e. The molecule has 58 heavy (non-hydrogen) atoms. The van der Waals surface area contributed by atoms with Gasteiger partial charge in [-0.3, -0.25) is 71.4 Å². The number of hydrogen-bond acceptors (Lipinski definition) is 19. The van der Waals surface area contributed by atoms with Crippen LogP contribution in [0.4, 0.5) is 11.9 Å². The molecule has 0 fully saturated rings. The van der Waals surface area contributed by atoms with E-state index in [1.165, 1.54) is 12.7 Å². The van der Waals surface area contributed by atoms with Gasteiger partial charge in [0.25, 0.3) is 0 Å². The molecule has 19 N–H and O–H groups in total. The van der Waals surface area contributed by atoms with E-state index in [4.69, 9.17) is 16.6 Å². The van der Waals surface area contributed by atoms with Crippen LogP contribution in [-0.4, -0.2) is 127 Å². The molecule has 8 aromatic rings. The van der Waals surface area contributed by atoms with Gasteiger partial charge in [0.15, 0.2) is 0 Å². The molecule has 0 radical (unpaired) electrons. The first-order valence-electron chi connectivity index (χ1n) is 14.6. The molecular formula is C25H50N26OS6. The van der Waals surface area contributed by atoms with Gasteiger partial charge in [0, 0.05) is 0 Å². The summed E-state index contributed by atoms with van der Waals surface area (Å²) in [7, 11) is 0. The molecule has 0 amide bonds. The molecule has 0 bridgehead atoms. The zero-order valence-corrected chi connectivity index (χ0v) is 34.3. The Morgan fingerprint density at radius 3 is 1.09 bits per heavy atom. The number of aryl methyl sites for hydroxylation is 5. The molecule has 0 saturated heterocycles. The minimum atomic E-state index is -0.104. The van der Waals surface area contributed by atoms with Crippen LogP contribution in [0.15, 0.2) is 12.7 Å². The Bertz CT molecular complexity index is 2250. The number of nitrogens with zero attached hydrogens (tertiary/aromatic N) is 10. The van der Waals surface area contributed by atoms with Gasteiger partial charge in [0.05, 0.1) is 0 Å². The van der Waals surface area contributed by atoms with Crippen molar-refractivity contribution in [3.05, 3.63) is 76.2 Å². The highest BCUT2D eigenvalue weighted by molar-refractivity contribution is 7.72. The van der Waals surface area contributed by atoms with Gasteiger partial charge in [-0.2, -0.15) is 15.1 Å². The third-order valence-electron chi connectivity index (χ3n) is 4.65. The molecule has 0 aromatic carbocycles. The summed E-state index contributed by atoms with van der Waals surface area (Å²) in [5, 5.41) is 52.2. The summed E-state index contributed by atoms with van der Waals surface area (Å²) >= 11 is 27.6. The van der Waals surface area contributed by atoms with Gasteiger partial charge in [-0.1, -0.05) is 22.3 Å². The topological polar surface area (TPSA) is 422 Å². The summed E-state index contributed by atoms with van der Waals surface area (Å²) in [5.74, 6) is 5.17. The summed E-state index contributed by atoms with van der Waals surface area (Å²) in [6.45, 7) is 9.06. The van der Waals surface area contributed by atoms with E-state index in [0.717, 1.165) is 29.1 Å². The number of aromatic amines is 14. The molecule has 0 spiro atoms. The van der Waals surface area contributed by atoms with E-state index in [2.05, 4.69) is 195 Å². The SMILES string of the molecule is C.C.C.Cc1nc(=S)[nH][nH]1.Cc1nc(=S)[nH][nH]1.Cc1nc(=S)[nH][nH]1.Cc1nc(N)n[nH]1.Cc1ncn[nH]1.Nc1nc(=S)[nH][nH]1.OCc1nc(=S)[nH][nH]1.S=c1nc[nH][nH]1. The predicted molar refractivity (Wildman–Crippen MR) is 234 cm³/mol. The molecule has 0 atom stereocenters. The molecule has 0 unspecified atom stereocenters. The molecule has 27 nitrogen and oxygen atoms in total. The van der Waals surface area contributed by atoms with Crippen LogP contribution >= 0.6 is 73.3 Å². The predicted octanol–water partition coefficient (Wildman–Crippen LogP) is 4.52. The Kier molecular flexibility index (Phi) is 31.2. The number of anilines is 2. The van der Waals surface area contributed by atoms with Gasteiger partial charge in [-0.05, 0) is 108 Å². The van der Waals surface area contributed by atoms with Crippen molar-refractivity contribution in [2.24, 2.45) is 0 Å². The first-order chi connectivity index (χ1) is 26.1. The van der Waals surface area contributed by atoms with Crippen LogP contribution in [0.2, 0.25) is 0 Å². The third-order valence-corrected chi connectivity index (χ3v) is 5.83. The van der Waals surface area contributed by atoms with Gasteiger partial charge in [0.1, 0.15) is 54.2 Å². The molecule has 322 valence electrons. The third kappa shape index (κ3) is 29.3. The van der Waals surface area contributed by atoms with Gasteiger partial charge >= 0.3 is 0 Å². The van der Waals surface area contributed by atoms with Crippen LogP contribution in [0.5, 0.6) is 0 Å². The fraction of sp³-hybridized carbons (Fsp3) is 0.360. The van der Waals surface area contributed by atoms with E-state index in [1.807, 2.05) is 27.7 Å². The number of nitrogens with two attached hydrogens (primary N) is 2. The lowest BCUT2D eigenvalue weighted by atomic mass is 10.7. The Morgan fingerprint density at radius 2 is 0.966 bits per heavy atom. The molecule has 0 saturated carbocycles. The summed E-state index contributed by atoms with van der Waals surface area (Å²) in [6, 6.07) is 0. The fourth-order valence-corrected chi connectivity index (χ4v) is 3.55. The van der Waals surface area contributed by atoms with Crippen LogP contribution in [0.3, 0.4) is 0 Å². The van der Waals surface area contributed by atoms with E-state index in [-0.39, 0.29) is 28.9 Å². The van der Waals surface area contributed by atoms with Crippen LogP contribution in [0, 0.1) is 63.2 Å². The maximum Gasteiger partial charge on any atom is 0.239 e. The highest BCUT2D eigenvalue weighted by Gasteiger charge is 1.89. The lowest BCUT2D eigenvalue weighted by molar-refractivity contribution is 0.272. The Labute approximate surface area is 361 Å². The molecule has 8 heterocycles. The number of rotatable bonds is 1. The van der Waals surface area contributed by atoms with E-state index in [0.29, 0.717) is 46.3 Å². The molecule has 33 heteroatoms. The summed E-state index contributed by atoms with van der Waals surface area (Å²) in [4.78, 5) is 29.8. The van der Waals surface area contributed by atoms with Gasteiger partial charge in [-0.15, -0.1) is 5.10 Å². The molecular weight excluding hydrogens is 873 g/mol. The average molecular weight is 923 g/mol. The number of H-pyrrole nitrogens is 14. The second kappa shape index (κ2) is 32.1. The number of hydrogen-bond donors (Lipinski definition) is 17. The van der Waals surface area contributed by atoms with Gasteiger partial charge in [-0.25, -0.2) is 29.9 Å². The standard InChI is InChI=1S/C3H6N4.C3H5N3OS.3C3H5N3S.C3H5N3.C2H4N4S.C2H3N3S.3CH4/c1-2-5-3(4)7-6-2;7-1-2-4-3(8)6-5-2;3*1-2-4-3(7)6-5-2;1-3-4-2-5-6-3;3-1-4-2(7)6-5-1;6-2-3-1-4-5-2;;;/h1H3,(H3,4,5,6,7);7H,1H2,(H2,4,5,6,8);3*1H3,(H2,4,5,6,7);2H,1H3,(H,4,5,6);(H4,3,4,5,6,7);1H,(H2,3,4,5,6);3*1H4. The summed E-state index contributed by atoms with van der Waals surface area (Å²) in [5.41, 5.74) is 10.2. The van der Waals surface area contributed by atoms with Crippen LogP contribution in [0.1, 0.15) is 57.2 Å². The number of nitrogens with one attached hydrogen (secondary N) is 14. The van der Waals surface area contributed by atoms with Crippen LogP contribution < -0.4 is 11.5 Å². The first kappa shape index (κ1) is 56.3. The first-order valence-corrected chi connectivity index (χ1v) is 17.0. The average Bonchev–Trinajstić information content (AvgIpc) is 3.98. The maximum absolute atomic E-state index is 8.39. The molecule has 0 aliphatic heterocycles.